The van der Waals surface area contributed by atoms with Crippen LogP contribution >= 0.6 is 0 Å². The molecule has 23 heavy (non-hydrogen) atoms. The molecule has 3 atom stereocenters. The zero-order chi connectivity index (χ0) is 17.7. The van der Waals surface area contributed by atoms with Crippen molar-refractivity contribution in [3.05, 3.63) is 11.6 Å². The van der Waals surface area contributed by atoms with E-state index in [1.54, 1.807) is 0 Å². The molecular weight excluding hydrogens is 288 g/mol. The van der Waals surface area contributed by atoms with Crippen LogP contribution in [0.4, 0.5) is 0 Å². The molecule has 0 aliphatic rings. The Morgan fingerprint density at radius 2 is 1.48 bits per heavy atom. The third-order valence-electron chi connectivity index (χ3n) is 4.84. The van der Waals surface area contributed by atoms with Gasteiger partial charge < -0.3 is 15.3 Å². The number of rotatable bonds is 14. The molecule has 0 saturated heterocycles. The molecule has 0 rings (SSSR count). The molecule has 138 valence electrons. The maximum Gasteiger partial charge on any atom is 0.0619 e. The van der Waals surface area contributed by atoms with Gasteiger partial charge in [-0.3, -0.25) is 0 Å². The Kier molecular flexibility index (Phi) is 12.8. The number of hydrogen-bond acceptors (Lipinski definition) is 3. The molecule has 0 unspecified atom stereocenters. The molecule has 0 aromatic carbocycles. The van der Waals surface area contributed by atoms with E-state index in [1.165, 1.54) is 24.8 Å². The van der Waals surface area contributed by atoms with Crippen LogP contribution < -0.4 is 0 Å². The minimum Gasteiger partial charge on any atom is -0.396 e. The Morgan fingerprint density at radius 3 is 2.00 bits per heavy atom. The summed E-state index contributed by atoms with van der Waals surface area (Å²) in [6.07, 6.45) is 11.3. The molecule has 3 heteroatoms. The monoisotopic (exact) mass is 328 g/mol. The van der Waals surface area contributed by atoms with Crippen LogP contribution in [0.15, 0.2) is 11.6 Å². The first kappa shape index (κ1) is 22.6. The summed E-state index contributed by atoms with van der Waals surface area (Å²) in [4.78, 5) is 0. The van der Waals surface area contributed by atoms with Gasteiger partial charge in [-0.2, -0.15) is 0 Å². The molecule has 3 nitrogen and oxygen atoms in total. The molecule has 0 fully saturated rings. The molecule has 0 aliphatic heterocycles. The summed E-state index contributed by atoms with van der Waals surface area (Å²) < 4.78 is 0. The third-order valence-corrected chi connectivity index (χ3v) is 4.84. The lowest BCUT2D eigenvalue weighted by Crippen LogP contribution is -2.24. The van der Waals surface area contributed by atoms with Crippen LogP contribution in [0.3, 0.4) is 0 Å². The van der Waals surface area contributed by atoms with Crippen LogP contribution in [0.1, 0.15) is 85.5 Å². The molecule has 0 bridgehead atoms. The maximum absolute atomic E-state index is 10.4. The summed E-state index contributed by atoms with van der Waals surface area (Å²) >= 11 is 0. The van der Waals surface area contributed by atoms with Gasteiger partial charge >= 0.3 is 0 Å². The minimum atomic E-state index is -0.560. The molecule has 0 aliphatic carbocycles. The lowest BCUT2D eigenvalue weighted by Gasteiger charge is -2.24. The van der Waals surface area contributed by atoms with E-state index in [2.05, 4.69) is 13.8 Å². The van der Waals surface area contributed by atoms with Gasteiger partial charge in [-0.1, -0.05) is 51.2 Å². The van der Waals surface area contributed by atoms with E-state index in [0.717, 1.165) is 38.5 Å². The Bertz CT molecular complexity index is 310. The van der Waals surface area contributed by atoms with Crippen LogP contribution in [0.5, 0.6) is 0 Å². The summed E-state index contributed by atoms with van der Waals surface area (Å²) in [5.41, 5.74) is 0.717. The van der Waals surface area contributed by atoms with Gasteiger partial charge in [0.05, 0.1) is 12.2 Å². The summed E-state index contributed by atoms with van der Waals surface area (Å²) in [7, 11) is 0. The number of aliphatic hydroxyl groups excluding tert-OH is 2. The predicted molar refractivity (Wildman–Crippen MR) is 98.4 cm³/mol. The molecule has 0 radical (unpaired) electrons. The SMILES string of the molecule is C/C(=C\CO)CCC[C@@H](C)CCC[C@@](C)(O)CCC[C@@H](C)CO. The zero-order valence-corrected chi connectivity index (χ0v) is 15.9. The fourth-order valence-electron chi connectivity index (χ4n) is 3.01. The van der Waals surface area contributed by atoms with Crippen molar-refractivity contribution in [3.63, 3.8) is 0 Å². The van der Waals surface area contributed by atoms with E-state index in [-0.39, 0.29) is 13.2 Å². The van der Waals surface area contributed by atoms with E-state index in [9.17, 15) is 5.11 Å². The third kappa shape index (κ3) is 13.7. The molecule has 0 aromatic heterocycles. The van der Waals surface area contributed by atoms with Crippen molar-refractivity contribution < 1.29 is 15.3 Å². The first-order valence-corrected chi connectivity index (χ1v) is 9.40. The normalized spacial score (nSPS) is 17.8. The maximum atomic E-state index is 10.4. The second kappa shape index (κ2) is 13.0. The van der Waals surface area contributed by atoms with E-state index in [4.69, 9.17) is 10.2 Å². The topological polar surface area (TPSA) is 60.7 Å². The van der Waals surface area contributed by atoms with Gasteiger partial charge in [0, 0.05) is 6.61 Å². The highest BCUT2D eigenvalue weighted by Gasteiger charge is 2.20. The largest absolute Gasteiger partial charge is 0.396 e. The summed E-state index contributed by atoms with van der Waals surface area (Å²) in [6, 6.07) is 0. The van der Waals surface area contributed by atoms with Gasteiger partial charge in [-0.15, -0.1) is 0 Å². The summed E-state index contributed by atoms with van der Waals surface area (Å²) in [6.45, 7) is 8.76. The van der Waals surface area contributed by atoms with Crippen molar-refractivity contribution in [2.24, 2.45) is 11.8 Å². The Morgan fingerprint density at radius 1 is 0.957 bits per heavy atom. The molecule has 0 spiro atoms. The van der Waals surface area contributed by atoms with Crippen LogP contribution in [0, 0.1) is 11.8 Å². The van der Waals surface area contributed by atoms with Gasteiger partial charge in [0.15, 0.2) is 0 Å². The first-order valence-electron chi connectivity index (χ1n) is 9.40. The van der Waals surface area contributed by atoms with Crippen molar-refractivity contribution >= 4 is 0 Å². The van der Waals surface area contributed by atoms with Gasteiger partial charge in [-0.25, -0.2) is 0 Å². The van der Waals surface area contributed by atoms with Crippen LogP contribution in [-0.2, 0) is 0 Å². The van der Waals surface area contributed by atoms with Crippen LogP contribution in [-0.4, -0.2) is 34.1 Å². The molecule has 0 aromatic rings. The summed E-state index contributed by atoms with van der Waals surface area (Å²) in [5.74, 6) is 1.04. The molecule has 0 heterocycles. The van der Waals surface area contributed by atoms with Crippen molar-refractivity contribution in [3.8, 4) is 0 Å². The highest BCUT2D eigenvalue weighted by molar-refractivity contribution is 4.97. The fourth-order valence-corrected chi connectivity index (χ4v) is 3.01. The Labute approximate surface area is 143 Å². The average molecular weight is 329 g/mol. The highest BCUT2D eigenvalue weighted by Crippen LogP contribution is 2.25. The first-order chi connectivity index (χ1) is 10.8. The quantitative estimate of drug-likeness (QED) is 0.413. The van der Waals surface area contributed by atoms with E-state index < -0.39 is 5.60 Å². The Balaban J connectivity index is 3.75. The average Bonchev–Trinajstić information content (AvgIpc) is 2.46. The number of hydrogen-bond donors (Lipinski definition) is 3. The van der Waals surface area contributed by atoms with Crippen LogP contribution in [0.25, 0.3) is 0 Å². The molecule has 0 saturated carbocycles. The van der Waals surface area contributed by atoms with Gasteiger partial charge in [0.1, 0.15) is 0 Å². The standard InChI is InChI=1S/C20H40O3/c1-17(8-5-9-18(2)12-15-21)10-6-13-20(4,23)14-7-11-19(3)16-22/h12,17,19,21-23H,5-11,13-16H2,1-4H3/b18-12+/t17-,19-,20-/m1/s1. The van der Waals surface area contributed by atoms with Crippen molar-refractivity contribution in [1.82, 2.24) is 0 Å². The van der Waals surface area contributed by atoms with E-state index in [1.807, 2.05) is 19.9 Å². The molecule has 0 amide bonds. The minimum absolute atomic E-state index is 0.146. The summed E-state index contributed by atoms with van der Waals surface area (Å²) in [5, 5.41) is 28.3. The van der Waals surface area contributed by atoms with Crippen molar-refractivity contribution in [2.45, 2.75) is 91.1 Å². The fraction of sp³-hybridized carbons (Fsp3) is 0.900. The van der Waals surface area contributed by atoms with Gasteiger partial charge in [0.25, 0.3) is 0 Å². The predicted octanol–water partition coefficient (Wildman–Crippen LogP) is 4.45. The van der Waals surface area contributed by atoms with Crippen molar-refractivity contribution in [1.29, 1.82) is 0 Å². The molecule has 3 N–H and O–H groups in total. The van der Waals surface area contributed by atoms with Gasteiger partial charge in [0.2, 0.25) is 0 Å². The van der Waals surface area contributed by atoms with Gasteiger partial charge in [-0.05, 0) is 57.8 Å². The highest BCUT2D eigenvalue weighted by atomic mass is 16.3. The lowest BCUT2D eigenvalue weighted by molar-refractivity contribution is 0.0341. The van der Waals surface area contributed by atoms with E-state index >= 15 is 0 Å². The van der Waals surface area contributed by atoms with Crippen molar-refractivity contribution in [2.75, 3.05) is 13.2 Å². The number of allylic oxidation sites excluding steroid dienone is 1. The smallest absolute Gasteiger partial charge is 0.0619 e. The second-order valence-electron chi connectivity index (χ2n) is 7.80. The zero-order valence-electron chi connectivity index (χ0n) is 15.9. The molecular formula is C20H40O3. The lowest BCUT2D eigenvalue weighted by atomic mass is 9.88. The van der Waals surface area contributed by atoms with E-state index in [0.29, 0.717) is 11.8 Å². The van der Waals surface area contributed by atoms with Crippen LogP contribution in [0.2, 0.25) is 0 Å². The Hall–Kier alpha value is -0.380. The number of aliphatic hydroxyl groups is 3. The second-order valence-corrected chi connectivity index (χ2v) is 7.80.